The molecular formula is C15H24. The second kappa shape index (κ2) is 2.70. The Morgan fingerprint density at radius 1 is 1.20 bits per heavy atom. The van der Waals surface area contributed by atoms with E-state index >= 15 is 0 Å². The molecule has 0 amide bonds. The zero-order valence-corrected chi connectivity index (χ0v) is 10.5. The van der Waals surface area contributed by atoms with Crippen LogP contribution in [0.3, 0.4) is 0 Å². The maximum Gasteiger partial charge on any atom is -0.0111 e. The second-order valence-electron chi connectivity index (χ2n) is 6.95. The van der Waals surface area contributed by atoms with Gasteiger partial charge in [0.15, 0.2) is 0 Å². The van der Waals surface area contributed by atoms with Crippen molar-refractivity contribution < 1.29 is 0 Å². The van der Waals surface area contributed by atoms with E-state index in [2.05, 4.69) is 27.4 Å². The Morgan fingerprint density at radius 3 is 2.67 bits per heavy atom. The summed E-state index contributed by atoms with van der Waals surface area (Å²) in [5.74, 6) is 2.77. The molecule has 0 heteroatoms. The maximum atomic E-state index is 4.43. The molecule has 0 aromatic heterocycles. The molecule has 0 aromatic carbocycles. The van der Waals surface area contributed by atoms with Crippen molar-refractivity contribution in [2.75, 3.05) is 0 Å². The van der Waals surface area contributed by atoms with Gasteiger partial charge < -0.3 is 0 Å². The standard InChI is InChI=1S/C15H24/c1-10-5-6-13-14(3,4)11(2)12-7-8-15(10,13)9-12/h10,12-13H,2,5-9H2,1,3-4H3/t10-,12+,13?,15-/m0/s1. The SMILES string of the molecule is C=C1[C@@H]2CC[C@@]3(C2)C(CC[C@@H]3C)C1(C)C. The number of hydrogen-bond donors (Lipinski definition) is 0. The van der Waals surface area contributed by atoms with Crippen LogP contribution in [0.2, 0.25) is 0 Å². The monoisotopic (exact) mass is 204 g/mol. The van der Waals surface area contributed by atoms with E-state index < -0.39 is 0 Å². The van der Waals surface area contributed by atoms with Gasteiger partial charge in [-0.2, -0.15) is 0 Å². The van der Waals surface area contributed by atoms with Crippen molar-refractivity contribution in [1.82, 2.24) is 0 Å². The van der Waals surface area contributed by atoms with E-state index in [0.717, 1.165) is 23.2 Å². The van der Waals surface area contributed by atoms with Gasteiger partial charge in [0, 0.05) is 0 Å². The quantitative estimate of drug-likeness (QED) is 0.513. The van der Waals surface area contributed by atoms with Crippen LogP contribution in [0, 0.1) is 28.6 Å². The molecule has 2 bridgehead atoms. The van der Waals surface area contributed by atoms with Crippen LogP contribution in [0.15, 0.2) is 12.2 Å². The molecule has 3 saturated carbocycles. The molecule has 4 atom stereocenters. The van der Waals surface area contributed by atoms with E-state index in [1.165, 1.54) is 32.1 Å². The van der Waals surface area contributed by atoms with E-state index in [0.29, 0.717) is 5.41 Å². The average Bonchev–Trinajstić information content (AvgIpc) is 2.71. The summed E-state index contributed by atoms with van der Waals surface area (Å²) < 4.78 is 0. The lowest BCUT2D eigenvalue weighted by molar-refractivity contribution is 0.0429. The summed E-state index contributed by atoms with van der Waals surface area (Å²) in [6.45, 7) is 11.9. The van der Waals surface area contributed by atoms with Crippen molar-refractivity contribution in [2.24, 2.45) is 28.6 Å². The molecule has 0 aromatic rings. The fourth-order valence-electron chi connectivity index (χ4n) is 5.33. The number of allylic oxidation sites excluding steroid dienone is 1. The summed E-state index contributed by atoms with van der Waals surface area (Å²) in [5.41, 5.74) is 2.72. The lowest BCUT2D eigenvalue weighted by Crippen LogP contribution is -2.42. The summed E-state index contributed by atoms with van der Waals surface area (Å²) >= 11 is 0. The van der Waals surface area contributed by atoms with Gasteiger partial charge >= 0.3 is 0 Å². The third kappa shape index (κ3) is 0.990. The molecule has 1 unspecified atom stereocenters. The molecule has 1 spiro atoms. The number of hydrogen-bond acceptors (Lipinski definition) is 0. The van der Waals surface area contributed by atoms with Crippen molar-refractivity contribution in [1.29, 1.82) is 0 Å². The first-order valence-electron chi connectivity index (χ1n) is 6.68. The van der Waals surface area contributed by atoms with Crippen molar-refractivity contribution in [3.8, 4) is 0 Å². The van der Waals surface area contributed by atoms with Crippen molar-refractivity contribution in [3.63, 3.8) is 0 Å². The molecule has 3 aliphatic carbocycles. The highest BCUT2D eigenvalue weighted by Gasteiger charge is 2.61. The molecule has 3 aliphatic rings. The van der Waals surface area contributed by atoms with Crippen LogP contribution < -0.4 is 0 Å². The van der Waals surface area contributed by atoms with Gasteiger partial charge in [-0.15, -0.1) is 0 Å². The van der Waals surface area contributed by atoms with Crippen LogP contribution in [0.4, 0.5) is 0 Å². The van der Waals surface area contributed by atoms with Crippen LogP contribution in [0.5, 0.6) is 0 Å². The largest absolute Gasteiger partial charge is 0.0990 e. The Hall–Kier alpha value is -0.260. The number of fused-ring (bicyclic) bond motifs is 1. The molecule has 0 heterocycles. The first-order valence-corrected chi connectivity index (χ1v) is 6.68. The predicted octanol–water partition coefficient (Wildman–Crippen LogP) is 4.42. The normalized spacial score (nSPS) is 51.9. The van der Waals surface area contributed by atoms with Crippen LogP contribution >= 0.6 is 0 Å². The molecule has 15 heavy (non-hydrogen) atoms. The molecule has 0 radical (unpaired) electrons. The smallest absolute Gasteiger partial charge is 0.0111 e. The molecule has 0 nitrogen and oxygen atoms in total. The third-order valence-corrected chi connectivity index (χ3v) is 6.34. The highest BCUT2D eigenvalue weighted by atomic mass is 14.7. The van der Waals surface area contributed by atoms with E-state index in [-0.39, 0.29) is 0 Å². The predicted molar refractivity (Wildman–Crippen MR) is 64.6 cm³/mol. The van der Waals surface area contributed by atoms with Crippen LogP contribution in [0.25, 0.3) is 0 Å². The minimum Gasteiger partial charge on any atom is -0.0990 e. The van der Waals surface area contributed by atoms with Crippen molar-refractivity contribution in [2.45, 2.75) is 52.9 Å². The van der Waals surface area contributed by atoms with Gasteiger partial charge in [0.1, 0.15) is 0 Å². The van der Waals surface area contributed by atoms with Gasteiger partial charge in [0.2, 0.25) is 0 Å². The molecule has 3 fully saturated rings. The average molecular weight is 204 g/mol. The Morgan fingerprint density at radius 2 is 1.93 bits per heavy atom. The maximum absolute atomic E-state index is 4.43. The van der Waals surface area contributed by atoms with Gasteiger partial charge in [-0.05, 0) is 60.7 Å². The first-order chi connectivity index (χ1) is 6.98. The molecule has 0 saturated heterocycles. The molecular weight excluding hydrogens is 180 g/mol. The summed E-state index contributed by atoms with van der Waals surface area (Å²) in [5, 5.41) is 0. The van der Waals surface area contributed by atoms with E-state index in [1.54, 1.807) is 5.57 Å². The van der Waals surface area contributed by atoms with Crippen LogP contribution in [-0.4, -0.2) is 0 Å². The molecule has 0 aliphatic heterocycles. The van der Waals surface area contributed by atoms with Gasteiger partial charge in [-0.25, -0.2) is 0 Å². The van der Waals surface area contributed by atoms with E-state index in [9.17, 15) is 0 Å². The second-order valence-corrected chi connectivity index (χ2v) is 6.95. The fourth-order valence-corrected chi connectivity index (χ4v) is 5.33. The highest BCUT2D eigenvalue weighted by molar-refractivity contribution is 5.25. The fraction of sp³-hybridized carbons (Fsp3) is 0.867. The lowest BCUT2D eigenvalue weighted by Gasteiger charge is -2.50. The Bertz CT molecular complexity index is 312. The summed E-state index contributed by atoms with van der Waals surface area (Å²) in [7, 11) is 0. The van der Waals surface area contributed by atoms with Crippen molar-refractivity contribution >= 4 is 0 Å². The molecule has 0 N–H and O–H groups in total. The number of rotatable bonds is 0. The van der Waals surface area contributed by atoms with Gasteiger partial charge in [0.25, 0.3) is 0 Å². The summed E-state index contributed by atoms with van der Waals surface area (Å²) in [6.07, 6.45) is 7.32. The van der Waals surface area contributed by atoms with Crippen molar-refractivity contribution in [3.05, 3.63) is 12.2 Å². The van der Waals surface area contributed by atoms with Gasteiger partial charge in [-0.1, -0.05) is 32.9 Å². The topological polar surface area (TPSA) is 0 Å². The van der Waals surface area contributed by atoms with E-state index in [1.807, 2.05) is 0 Å². The summed E-state index contributed by atoms with van der Waals surface area (Å²) in [6, 6.07) is 0. The minimum absolute atomic E-state index is 0.421. The first kappa shape index (κ1) is 9.93. The zero-order valence-electron chi connectivity index (χ0n) is 10.5. The van der Waals surface area contributed by atoms with E-state index in [4.69, 9.17) is 0 Å². The Labute approximate surface area is 94.1 Å². The lowest BCUT2D eigenvalue weighted by atomic mass is 9.54. The highest BCUT2D eigenvalue weighted by Crippen LogP contribution is 2.70. The summed E-state index contributed by atoms with van der Waals surface area (Å²) in [4.78, 5) is 0. The Balaban J connectivity index is 2.09. The zero-order chi connectivity index (χ0) is 10.8. The van der Waals surface area contributed by atoms with Gasteiger partial charge in [0.05, 0.1) is 0 Å². The van der Waals surface area contributed by atoms with Gasteiger partial charge in [-0.3, -0.25) is 0 Å². The minimum atomic E-state index is 0.421. The molecule has 84 valence electrons. The van der Waals surface area contributed by atoms with Crippen LogP contribution in [0.1, 0.15) is 52.9 Å². The Kier molecular flexibility index (Phi) is 1.79. The molecule has 3 rings (SSSR count). The third-order valence-electron chi connectivity index (χ3n) is 6.34. The van der Waals surface area contributed by atoms with Crippen LogP contribution in [-0.2, 0) is 0 Å².